The highest BCUT2D eigenvalue weighted by molar-refractivity contribution is 5.79. The Morgan fingerprint density at radius 1 is 1.38 bits per heavy atom. The van der Waals surface area contributed by atoms with Gasteiger partial charge < -0.3 is 15.0 Å². The summed E-state index contributed by atoms with van der Waals surface area (Å²) < 4.78 is 45.2. The maximum absolute atomic E-state index is 13.0. The van der Waals surface area contributed by atoms with E-state index >= 15 is 0 Å². The first-order chi connectivity index (χ1) is 12.4. The number of carbonyl (C=O) groups is 1. The van der Waals surface area contributed by atoms with Crippen LogP contribution in [0.1, 0.15) is 18.4 Å². The lowest BCUT2D eigenvalue weighted by atomic mass is 9.97. The number of hydrogen-bond donors (Lipinski definition) is 1. The fourth-order valence-corrected chi connectivity index (χ4v) is 3.06. The Bertz CT molecular complexity index is 777. The van der Waals surface area contributed by atoms with E-state index in [1.54, 1.807) is 7.11 Å². The lowest BCUT2D eigenvalue weighted by molar-refractivity contribution is -0.137. The van der Waals surface area contributed by atoms with Gasteiger partial charge in [0.15, 0.2) is 5.65 Å². The van der Waals surface area contributed by atoms with Crippen molar-refractivity contribution in [1.29, 1.82) is 0 Å². The third-order valence-electron chi connectivity index (χ3n) is 4.39. The van der Waals surface area contributed by atoms with E-state index in [4.69, 9.17) is 4.74 Å². The summed E-state index contributed by atoms with van der Waals surface area (Å²) in [6, 6.07) is 2.27. The average molecular weight is 371 g/mol. The lowest BCUT2D eigenvalue weighted by Crippen LogP contribution is -2.44. The first kappa shape index (κ1) is 18.4. The fourth-order valence-electron chi connectivity index (χ4n) is 3.06. The summed E-state index contributed by atoms with van der Waals surface area (Å²) in [5.74, 6) is -0.0178. The summed E-state index contributed by atoms with van der Waals surface area (Å²) in [4.78, 5) is 14.1. The Labute approximate surface area is 148 Å². The molecule has 7 nitrogen and oxygen atoms in total. The van der Waals surface area contributed by atoms with Crippen LogP contribution in [-0.2, 0) is 15.7 Å². The molecule has 0 spiro atoms. The number of nitrogens with zero attached hydrogens (tertiary/aromatic N) is 4. The Balaban J connectivity index is 1.79. The number of aromatic nitrogens is 3. The number of pyridine rings is 1. The number of hydrogen-bond acceptors (Lipinski definition) is 5. The van der Waals surface area contributed by atoms with Crippen molar-refractivity contribution in [3.05, 3.63) is 23.9 Å². The minimum Gasteiger partial charge on any atom is -0.383 e. The third kappa shape index (κ3) is 3.90. The van der Waals surface area contributed by atoms with Crippen LogP contribution in [0.15, 0.2) is 18.3 Å². The number of rotatable bonds is 5. The minimum atomic E-state index is -4.44. The standard InChI is InChI=1S/C16H20F3N5O2/c1-26-8-6-20-14(25)11-3-2-7-23(9-11)15-22-21-13-5-4-12(10-24(13)15)16(17,18)19/h4-5,10-11H,2-3,6-9H2,1H3,(H,20,25). The normalized spacial score (nSPS) is 18.3. The second-order valence-corrected chi connectivity index (χ2v) is 6.21. The second-order valence-electron chi connectivity index (χ2n) is 6.21. The summed E-state index contributed by atoms with van der Waals surface area (Å²) in [6.45, 7) is 1.85. The molecule has 1 N–H and O–H groups in total. The maximum Gasteiger partial charge on any atom is 0.417 e. The molecule has 1 fully saturated rings. The fraction of sp³-hybridized carbons (Fsp3) is 0.562. The molecule has 1 atom stereocenters. The first-order valence-electron chi connectivity index (χ1n) is 8.33. The molecule has 0 bridgehead atoms. The Hall–Kier alpha value is -2.36. The molecule has 1 saturated heterocycles. The molecule has 26 heavy (non-hydrogen) atoms. The molecule has 0 aliphatic carbocycles. The lowest BCUT2D eigenvalue weighted by Gasteiger charge is -2.32. The van der Waals surface area contributed by atoms with Crippen molar-refractivity contribution in [2.45, 2.75) is 19.0 Å². The van der Waals surface area contributed by atoms with Crippen LogP contribution in [0, 0.1) is 5.92 Å². The molecule has 0 aromatic carbocycles. The highest BCUT2D eigenvalue weighted by Gasteiger charge is 2.32. The van der Waals surface area contributed by atoms with Crippen LogP contribution < -0.4 is 10.2 Å². The number of methoxy groups -OCH3 is 1. The van der Waals surface area contributed by atoms with Crippen molar-refractivity contribution < 1.29 is 22.7 Å². The SMILES string of the molecule is COCCNC(=O)C1CCCN(c2nnc3ccc(C(F)(F)F)cn23)C1. The van der Waals surface area contributed by atoms with E-state index in [0.29, 0.717) is 37.8 Å². The Morgan fingerprint density at radius 2 is 2.19 bits per heavy atom. The van der Waals surface area contributed by atoms with Crippen molar-refractivity contribution in [3.8, 4) is 0 Å². The third-order valence-corrected chi connectivity index (χ3v) is 4.39. The van der Waals surface area contributed by atoms with Gasteiger partial charge >= 0.3 is 6.18 Å². The number of anilines is 1. The number of piperidine rings is 1. The second kappa shape index (κ2) is 7.48. The summed E-state index contributed by atoms with van der Waals surface area (Å²) >= 11 is 0. The summed E-state index contributed by atoms with van der Waals surface area (Å²) in [5, 5.41) is 10.8. The van der Waals surface area contributed by atoms with Crippen LogP contribution >= 0.6 is 0 Å². The quantitative estimate of drug-likeness (QED) is 0.811. The molecule has 1 amide bonds. The molecule has 2 aromatic heterocycles. The molecule has 1 aliphatic rings. The smallest absolute Gasteiger partial charge is 0.383 e. The van der Waals surface area contributed by atoms with E-state index < -0.39 is 11.7 Å². The van der Waals surface area contributed by atoms with Crippen molar-refractivity contribution >= 4 is 17.5 Å². The summed E-state index contributed by atoms with van der Waals surface area (Å²) in [5.41, 5.74) is -0.434. The van der Waals surface area contributed by atoms with Crippen molar-refractivity contribution in [3.63, 3.8) is 0 Å². The molecule has 1 aliphatic heterocycles. The van der Waals surface area contributed by atoms with Gasteiger partial charge in [0.25, 0.3) is 0 Å². The van der Waals surface area contributed by atoms with Gasteiger partial charge in [-0.2, -0.15) is 13.2 Å². The highest BCUT2D eigenvalue weighted by atomic mass is 19.4. The van der Waals surface area contributed by atoms with E-state index in [1.807, 2.05) is 4.90 Å². The predicted octanol–water partition coefficient (Wildman–Crippen LogP) is 1.73. The van der Waals surface area contributed by atoms with Gasteiger partial charge in [-0.15, -0.1) is 10.2 Å². The topological polar surface area (TPSA) is 71.8 Å². The number of halogens is 3. The van der Waals surface area contributed by atoms with Crippen LogP contribution in [0.4, 0.5) is 19.1 Å². The van der Waals surface area contributed by atoms with Crippen molar-refractivity contribution in [2.75, 3.05) is 38.3 Å². The molecule has 10 heteroatoms. The molecule has 0 saturated carbocycles. The zero-order chi connectivity index (χ0) is 18.7. The van der Waals surface area contributed by atoms with E-state index in [2.05, 4.69) is 15.5 Å². The molecule has 3 rings (SSSR count). The van der Waals surface area contributed by atoms with Crippen molar-refractivity contribution in [2.24, 2.45) is 5.92 Å². The zero-order valence-corrected chi connectivity index (χ0v) is 14.3. The molecule has 142 valence electrons. The van der Waals surface area contributed by atoms with Crippen LogP contribution in [-0.4, -0.2) is 53.9 Å². The Morgan fingerprint density at radius 3 is 2.92 bits per heavy atom. The minimum absolute atomic E-state index is 0.0865. The van der Waals surface area contributed by atoms with Crippen LogP contribution in [0.2, 0.25) is 0 Å². The molecule has 0 radical (unpaired) electrons. The van der Waals surface area contributed by atoms with Gasteiger partial charge in [-0.3, -0.25) is 9.20 Å². The van der Waals surface area contributed by atoms with E-state index in [-0.39, 0.29) is 11.8 Å². The van der Waals surface area contributed by atoms with Crippen LogP contribution in [0.25, 0.3) is 5.65 Å². The number of nitrogens with one attached hydrogen (secondary N) is 1. The maximum atomic E-state index is 13.0. The number of alkyl halides is 3. The highest BCUT2D eigenvalue weighted by Crippen LogP contribution is 2.30. The van der Waals surface area contributed by atoms with Crippen molar-refractivity contribution in [1.82, 2.24) is 19.9 Å². The van der Waals surface area contributed by atoms with Crippen LogP contribution in [0.3, 0.4) is 0 Å². The summed E-state index contributed by atoms with van der Waals surface area (Å²) in [6.07, 6.45) is -1.98. The average Bonchev–Trinajstić information content (AvgIpc) is 3.04. The Kier molecular flexibility index (Phi) is 5.30. The number of ether oxygens (including phenoxy) is 1. The van der Waals surface area contributed by atoms with Gasteiger partial charge in [-0.1, -0.05) is 0 Å². The van der Waals surface area contributed by atoms with Gasteiger partial charge in [0.05, 0.1) is 18.1 Å². The van der Waals surface area contributed by atoms with Gasteiger partial charge in [0.1, 0.15) is 0 Å². The number of amides is 1. The van der Waals surface area contributed by atoms with E-state index in [1.165, 1.54) is 10.5 Å². The van der Waals surface area contributed by atoms with Gasteiger partial charge in [0, 0.05) is 32.9 Å². The zero-order valence-electron chi connectivity index (χ0n) is 14.3. The van der Waals surface area contributed by atoms with E-state index in [9.17, 15) is 18.0 Å². The molecule has 1 unspecified atom stereocenters. The molecule has 3 heterocycles. The molecular weight excluding hydrogens is 351 g/mol. The summed E-state index contributed by atoms with van der Waals surface area (Å²) in [7, 11) is 1.56. The first-order valence-corrected chi connectivity index (χ1v) is 8.33. The van der Waals surface area contributed by atoms with Crippen LogP contribution in [0.5, 0.6) is 0 Å². The van der Waals surface area contributed by atoms with Gasteiger partial charge in [0.2, 0.25) is 11.9 Å². The molecule has 2 aromatic rings. The van der Waals surface area contributed by atoms with Gasteiger partial charge in [-0.25, -0.2) is 0 Å². The number of fused-ring (bicyclic) bond motifs is 1. The predicted molar refractivity (Wildman–Crippen MR) is 87.8 cm³/mol. The molecular formula is C16H20F3N5O2. The monoisotopic (exact) mass is 371 g/mol. The van der Waals surface area contributed by atoms with E-state index in [0.717, 1.165) is 25.1 Å². The van der Waals surface area contributed by atoms with Gasteiger partial charge in [-0.05, 0) is 25.0 Å². The largest absolute Gasteiger partial charge is 0.417 e. The number of carbonyl (C=O) groups excluding carboxylic acids is 1.